The van der Waals surface area contributed by atoms with Crippen LogP contribution in [0.15, 0.2) is 11.9 Å². The summed E-state index contributed by atoms with van der Waals surface area (Å²) in [4.78, 5) is 18.4. The zero-order chi connectivity index (χ0) is 11.4. The fraction of sp³-hybridized carbons (Fsp3) is 0.750. The van der Waals surface area contributed by atoms with Gasteiger partial charge in [0, 0.05) is 0 Å². The topological polar surface area (TPSA) is 86.3 Å². The molecule has 0 radical (unpaired) electrons. The highest BCUT2D eigenvalue weighted by molar-refractivity contribution is 4.82. The standard InChI is InChI=1S/C8H14N2O4/c1-8(2,3)6-4-5-7(9(11)12)10(13)14/h5H,4,6H2,1-3H3. The molecule has 0 aliphatic rings. The summed E-state index contributed by atoms with van der Waals surface area (Å²) in [5.74, 6) is -0.936. The van der Waals surface area contributed by atoms with Crippen LogP contribution in [0.3, 0.4) is 0 Å². The quantitative estimate of drug-likeness (QED) is 0.516. The van der Waals surface area contributed by atoms with Crippen molar-refractivity contribution < 1.29 is 9.85 Å². The van der Waals surface area contributed by atoms with Crippen LogP contribution in [0.2, 0.25) is 0 Å². The fourth-order valence-corrected chi connectivity index (χ4v) is 0.850. The largest absolute Gasteiger partial charge is 0.554 e. The van der Waals surface area contributed by atoms with Crippen molar-refractivity contribution in [3.63, 3.8) is 0 Å². The molecule has 0 spiro atoms. The normalized spacial score (nSPS) is 10.8. The molecule has 0 aromatic rings. The molecule has 0 atom stereocenters. The van der Waals surface area contributed by atoms with Crippen LogP contribution in [-0.4, -0.2) is 9.85 Å². The lowest BCUT2D eigenvalue weighted by atomic mass is 9.90. The van der Waals surface area contributed by atoms with Crippen molar-refractivity contribution in [1.29, 1.82) is 0 Å². The Kier molecular flexibility index (Phi) is 4.20. The van der Waals surface area contributed by atoms with E-state index in [0.717, 1.165) is 6.08 Å². The predicted molar refractivity (Wildman–Crippen MR) is 50.8 cm³/mol. The van der Waals surface area contributed by atoms with E-state index in [1.807, 2.05) is 20.8 Å². The molecule has 6 nitrogen and oxygen atoms in total. The van der Waals surface area contributed by atoms with Gasteiger partial charge in [0.15, 0.2) is 0 Å². The van der Waals surface area contributed by atoms with Crippen molar-refractivity contribution >= 4 is 0 Å². The number of nitrogens with zero attached hydrogens (tertiary/aromatic N) is 2. The molecule has 0 aliphatic carbocycles. The molecule has 0 bridgehead atoms. The van der Waals surface area contributed by atoms with Gasteiger partial charge < -0.3 is 0 Å². The van der Waals surface area contributed by atoms with Crippen LogP contribution in [0.1, 0.15) is 33.6 Å². The van der Waals surface area contributed by atoms with Crippen LogP contribution in [-0.2, 0) is 0 Å². The van der Waals surface area contributed by atoms with Crippen molar-refractivity contribution in [3.05, 3.63) is 32.1 Å². The second kappa shape index (κ2) is 4.69. The SMILES string of the molecule is CC(C)(C)CCC=C([N+](=O)[O-])[N+](=O)[O-]. The van der Waals surface area contributed by atoms with Gasteiger partial charge in [-0.25, -0.2) is 0 Å². The smallest absolute Gasteiger partial charge is 0.253 e. The van der Waals surface area contributed by atoms with Gasteiger partial charge in [0.05, 0.1) is 6.08 Å². The van der Waals surface area contributed by atoms with Gasteiger partial charge in [-0.15, -0.1) is 0 Å². The molecular formula is C8H14N2O4. The van der Waals surface area contributed by atoms with E-state index in [4.69, 9.17) is 0 Å². The van der Waals surface area contributed by atoms with E-state index in [-0.39, 0.29) is 5.41 Å². The van der Waals surface area contributed by atoms with E-state index in [2.05, 4.69) is 0 Å². The number of allylic oxidation sites excluding steroid dienone is 1. The summed E-state index contributed by atoms with van der Waals surface area (Å²) in [5.41, 5.74) is 0.0226. The minimum Gasteiger partial charge on any atom is -0.253 e. The van der Waals surface area contributed by atoms with Gasteiger partial charge in [-0.1, -0.05) is 20.8 Å². The first-order valence-electron chi connectivity index (χ1n) is 4.23. The molecule has 80 valence electrons. The summed E-state index contributed by atoms with van der Waals surface area (Å²) in [6, 6.07) is 0. The first kappa shape index (κ1) is 12.5. The molecule has 14 heavy (non-hydrogen) atoms. The Labute approximate surface area is 81.9 Å². The molecule has 0 aromatic heterocycles. The van der Waals surface area contributed by atoms with Gasteiger partial charge >= 0.3 is 5.82 Å². The Morgan fingerprint density at radius 2 is 1.64 bits per heavy atom. The number of hydrogen-bond donors (Lipinski definition) is 0. The monoisotopic (exact) mass is 202 g/mol. The van der Waals surface area contributed by atoms with Gasteiger partial charge in [0.1, 0.15) is 9.85 Å². The van der Waals surface area contributed by atoms with Crippen LogP contribution in [0, 0.1) is 25.6 Å². The third kappa shape index (κ3) is 5.23. The first-order chi connectivity index (χ1) is 6.24. The van der Waals surface area contributed by atoms with Crippen LogP contribution < -0.4 is 0 Å². The third-order valence-corrected chi connectivity index (χ3v) is 1.60. The van der Waals surface area contributed by atoms with Crippen LogP contribution in [0.25, 0.3) is 0 Å². The lowest BCUT2D eigenvalue weighted by molar-refractivity contribution is -0.616. The number of hydrogen-bond acceptors (Lipinski definition) is 4. The van der Waals surface area contributed by atoms with Crippen molar-refractivity contribution in [1.82, 2.24) is 0 Å². The zero-order valence-corrected chi connectivity index (χ0v) is 8.52. The summed E-state index contributed by atoms with van der Waals surface area (Å²) in [6.45, 7) is 5.91. The Morgan fingerprint density at radius 1 is 1.21 bits per heavy atom. The first-order valence-corrected chi connectivity index (χ1v) is 4.23. The Hall–Kier alpha value is -1.46. The molecule has 0 heterocycles. The molecule has 0 N–H and O–H groups in total. The Bertz CT molecular complexity index is 249. The highest BCUT2D eigenvalue weighted by Gasteiger charge is 2.24. The summed E-state index contributed by atoms with van der Waals surface area (Å²) in [6.07, 6.45) is 2.09. The molecule has 0 saturated heterocycles. The molecule has 0 aliphatic heterocycles. The molecule has 0 fully saturated rings. The predicted octanol–water partition coefficient (Wildman–Crippen LogP) is 2.21. The van der Waals surface area contributed by atoms with Crippen molar-refractivity contribution in [3.8, 4) is 0 Å². The summed E-state index contributed by atoms with van der Waals surface area (Å²) >= 11 is 0. The molecular weight excluding hydrogens is 188 g/mol. The van der Waals surface area contributed by atoms with E-state index in [1.165, 1.54) is 0 Å². The van der Waals surface area contributed by atoms with Crippen molar-refractivity contribution in [2.24, 2.45) is 5.41 Å². The number of nitro groups is 2. The van der Waals surface area contributed by atoms with Gasteiger partial charge in [-0.2, -0.15) is 0 Å². The molecule has 0 saturated carbocycles. The second-order valence-electron chi connectivity index (χ2n) is 4.18. The summed E-state index contributed by atoms with van der Waals surface area (Å²) < 4.78 is 0. The van der Waals surface area contributed by atoms with Gasteiger partial charge in [-0.3, -0.25) is 20.2 Å². The molecule has 0 aromatic carbocycles. The average Bonchev–Trinajstić information content (AvgIpc) is 1.94. The Balaban J connectivity index is 4.33. The minimum atomic E-state index is -0.970. The molecule has 0 unspecified atom stereocenters. The maximum atomic E-state index is 10.2. The lowest BCUT2D eigenvalue weighted by Gasteiger charge is -2.15. The third-order valence-electron chi connectivity index (χ3n) is 1.60. The van der Waals surface area contributed by atoms with E-state index in [9.17, 15) is 20.2 Å². The highest BCUT2D eigenvalue weighted by atomic mass is 16.7. The maximum Gasteiger partial charge on any atom is 0.554 e. The molecule has 0 amide bonds. The van der Waals surface area contributed by atoms with E-state index in [1.54, 1.807) is 0 Å². The average molecular weight is 202 g/mol. The fourth-order valence-electron chi connectivity index (χ4n) is 0.850. The summed E-state index contributed by atoms with van der Waals surface area (Å²) in [7, 11) is 0. The van der Waals surface area contributed by atoms with Crippen LogP contribution in [0.4, 0.5) is 0 Å². The summed E-state index contributed by atoms with van der Waals surface area (Å²) in [5, 5.41) is 20.4. The van der Waals surface area contributed by atoms with Crippen LogP contribution in [0.5, 0.6) is 0 Å². The van der Waals surface area contributed by atoms with Crippen molar-refractivity contribution in [2.75, 3.05) is 0 Å². The number of rotatable bonds is 4. The molecule has 6 heteroatoms. The molecule has 0 rings (SSSR count). The maximum absolute atomic E-state index is 10.2. The lowest BCUT2D eigenvalue weighted by Crippen LogP contribution is -2.10. The van der Waals surface area contributed by atoms with E-state index < -0.39 is 15.7 Å². The Morgan fingerprint density at radius 3 is 1.93 bits per heavy atom. The van der Waals surface area contributed by atoms with Gasteiger partial charge in [-0.05, 0) is 18.3 Å². The van der Waals surface area contributed by atoms with Crippen molar-refractivity contribution in [2.45, 2.75) is 33.6 Å². The van der Waals surface area contributed by atoms with Gasteiger partial charge in [0.2, 0.25) is 0 Å². The van der Waals surface area contributed by atoms with E-state index in [0.29, 0.717) is 12.8 Å². The van der Waals surface area contributed by atoms with Crippen LogP contribution >= 0.6 is 0 Å². The zero-order valence-electron chi connectivity index (χ0n) is 8.52. The van der Waals surface area contributed by atoms with E-state index >= 15 is 0 Å². The van der Waals surface area contributed by atoms with Gasteiger partial charge in [0.25, 0.3) is 0 Å². The highest BCUT2D eigenvalue weighted by Crippen LogP contribution is 2.21. The second-order valence-corrected chi connectivity index (χ2v) is 4.18. The minimum absolute atomic E-state index is 0.0226.